The van der Waals surface area contributed by atoms with Crippen LogP contribution in [0.15, 0.2) is 42.5 Å². The number of hydrogen-bond donors (Lipinski definition) is 2. The van der Waals surface area contributed by atoms with Gasteiger partial charge in [-0.2, -0.15) is 0 Å². The van der Waals surface area contributed by atoms with Crippen molar-refractivity contribution in [2.24, 2.45) is 0 Å². The Kier molecular flexibility index (Phi) is 4.81. The second-order valence-corrected chi connectivity index (χ2v) is 5.10. The third kappa shape index (κ3) is 3.73. The Morgan fingerprint density at radius 2 is 1.86 bits per heavy atom. The Morgan fingerprint density at radius 1 is 1.19 bits per heavy atom. The largest absolute Gasteiger partial charge is 0.378 e. The van der Waals surface area contributed by atoms with Crippen LogP contribution in [0.25, 0.3) is 0 Å². The van der Waals surface area contributed by atoms with Gasteiger partial charge in [0, 0.05) is 29.4 Å². The molecule has 0 radical (unpaired) electrons. The summed E-state index contributed by atoms with van der Waals surface area (Å²) >= 11 is 6.04. The number of nitrogens with one attached hydrogen (secondary N) is 2. The van der Waals surface area contributed by atoms with Gasteiger partial charge in [0.1, 0.15) is 5.82 Å². The summed E-state index contributed by atoms with van der Waals surface area (Å²) in [7, 11) is 1.59. The van der Waals surface area contributed by atoms with Gasteiger partial charge in [0.25, 0.3) is 5.91 Å². The Balaban J connectivity index is 2.12. The molecule has 2 N–H and O–H groups in total. The maximum absolute atomic E-state index is 13.0. The highest BCUT2D eigenvalue weighted by atomic mass is 35.5. The van der Waals surface area contributed by atoms with E-state index in [9.17, 15) is 9.18 Å². The van der Waals surface area contributed by atoms with Gasteiger partial charge in [-0.3, -0.25) is 4.79 Å². The van der Waals surface area contributed by atoms with E-state index >= 15 is 0 Å². The smallest absolute Gasteiger partial charge is 0.251 e. The van der Waals surface area contributed by atoms with Crippen LogP contribution in [0.3, 0.4) is 0 Å². The molecule has 0 aliphatic heterocycles. The van der Waals surface area contributed by atoms with Crippen molar-refractivity contribution in [2.45, 2.75) is 13.0 Å². The van der Waals surface area contributed by atoms with E-state index in [-0.39, 0.29) is 17.8 Å². The number of hydrogen-bond acceptors (Lipinski definition) is 2. The summed E-state index contributed by atoms with van der Waals surface area (Å²) < 4.78 is 13.0. The fraction of sp³-hybridized carbons (Fsp3) is 0.188. The Hall–Kier alpha value is -2.07. The monoisotopic (exact) mass is 306 g/mol. The van der Waals surface area contributed by atoms with Crippen molar-refractivity contribution in [1.82, 2.24) is 5.32 Å². The first-order valence-electron chi connectivity index (χ1n) is 6.55. The molecule has 0 fully saturated rings. The van der Waals surface area contributed by atoms with Crippen LogP contribution in [0, 0.1) is 5.82 Å². The van der Waals surface area contributed by atoms with E-state index in [4.69, 9.17) is 11.6 Å². The number of carbonyl (C=O) groups is 1. The minimum Gasteiger partial charge on any atom is -0.378 e. The van der Waals surface area contributed by atoms with Crippen LogP contribution in [0.5, 0.6) is 0 Å². The van der Waals surface area contributed by atoms with Gasteiger partial charge in [0.05, 0.1) is 0 Å². The second-order valence-electron chi connectivity index (χ2n) is 4.69. The van der Waals surface area contributed by atoms with Crippen molar-refractivity contribution in [3.8, 4) is 0 Å². The molecule has 0 aliphatic carbocycles. The normalized spacial score (nSPS) is 11.8. The molecule has 1 atom stereocenters. The van der Waals surface area contributed by atoms with Crippen molar-refractivity contribution in [2.75, 3.05) is 12.4 Å². The van der Waals surface area contributed by atoms with Crippen LogP contribution < -0.4 is 10.6 Å². The predicted octanol–water partition coefficient (Wildman–Crippen LogP) is 4.01. The highest BCUT2D eigenvalue weighted by molar-refractivity contribution is 6.31. The fourth-order valence-electron chi connectivity index (χ4n) is 2.04. The zero-order valence-electron chi connectivity index (χ0n) is 11.8. The van der Waals surface area contributed by atoms with Crippen LogP contribution in [0.1, 0.15) is 28.9 Å². The van der Waals surface area contributed by atoms with Crippen molar-refractivity contribution < 1.29 is 9.18 Å². The molecular weight excluding hydrogens is 291 g/mol. The van der Waals surface area contributed by atoms with E-state index in [1.54, 1.807) is 25.2 Å². The van der Waals surface area contributed by atoms with Gasteiger partial charge in [0.15, 0.2) is 0 Å². The van der Waals surface area contributed by atoms with Crippen molar-refractivity contribution in [1.29, 1.82) is 0 Å². The topological polar surface area (TPSA) is 41.1 Å². The number of rotatable bonds is 4. The van der Waals surface area contributed by atoms with E-state index < -0.39 is 0 Å². The molecule has 3 nitrogen and oxygen atoms in total. The number of benzene rings is 2. The Labute approximate surface area is 128 Å². The van der Waals surface area contributed by atoms with Crippen LogP contribution in [-0.4, -0.2) is 13.0 Å². The first-order valence-corrected chi connectivity index (χ1v) is 6.92. The molecule has 2 rings (SSSR count). The molecule has 2 aromatic rings. The van der Waals surface area contributed by atoms with Crippen LogP contribution in [0.2, 0.25) is 5.02 Å². The minimum absolute atomic E-state index is 0.0797. The third-order valence-electron chi connectivity index (χ3n) is 3.19. The summed E-state index contributed by atoms with van der Waals surface area (Å²) in [4.78, 5) is 11.5. The van der Waals surface area contributed by atoms with E-state index in [2.05, 4.69) is 10.6 Å². The molecule has 0 spiro atoms. The van der Waals surface area contributed by atoms with Crippen molar-refractivity contribution in [3.05, 3.63) is 64.4 Å². The zero-order chi connectivity index (χ0) is 15.4. The average Bonchev–Trinajstić information content (AvgIpc) is 2.47. The maximum atomic E-state index is 13.0. The van der Waals surface area contributed by atoms with Gasteiger partial charge >= 0.3 is 0 Å². The van der Waals surface area contributed by atoms with Gasteiger partial charge in [0.2, 0.25) is 0 Å². The molecule has 0 aromatic heterocycles. The van der Waals surface area contributed by atoms with E-state index in [1.165, 1.54) is 12.1 Å². The fourth-order valence-corrected chi connectivity index (χ4v) is 2.37. The third-order valence-corrected chi connectivity index (χ3v) is 3.51. The maximum Gasteiger partial charge on any atom is 0.251 e. The molecular formula is C16H16ClFN2O. The standard InChI is InChI=1S/C16H16ClFN2O/c1-10(14-8-5-12(18)9-15(14)17)20-13-6-3-11(4-7-13)16(21)19-2/h3-10,20H,1-2H3,(H,19,21). The summed E-state index contributed by atoms with van der Waals surface area (Å²) in [5, 5.41) is 6.22. The molecule has 21 heavy (non-hydrogen) atoms. The minimum atomic E-state index is -0.356. The summed E-state index contributed by atoms with van der Waals surface area (Å²) in [6, 6.07) is 11.4. The molecule has 2 aromatic carbocycles. The molecule has 1 unspecified atom stereocenters. The Morgan fingerprint density at radius 3 is 2.43 bits per heavy atom. The lowest BCUT2D eigenvalue weighted by atomic mass is 10.1. The van der Waals surface area contributed by atoms with E-state index in [0.717, 1.165) is 11.3 Å². The number of anilines is 1. The van der Waals surface area contributed by atoms with Crippen LogP contribution in [-0.2, 0) is 0 Å². The second kappa shape index (κ2) is 6.59. The zero-order valence-corrected chi connectivity index (χ0v) is 12.5. The molecule has 0 saturated heterocycles. The Bertz CT molecular complexity index is 643. The summed E-state index contributed by atoms with van der Waals surface area (Å²) in [6.45, 7) is 1.94. The molecule has 0 saturated carbocycles. The summed E-state index contributed by atoms with van der Waals surface area (Å²) in [6.07, 6.45) is 0. The van der Waals surface area contributed by atoms with Crippen molar-refractivity contribution >= 4 is 23.2 Å². The molecule has 110 valence electrons. The van der Waals surface area contributed by atoms with Gasteiger partial charge in [-0.1, -0.05) is 17.7 Å². The lowest BCUT2D eigenvalue weighted by Gasteiger charge is -2.17. The molecule has 0 heterocycles. The number of carbonyl (C=O) groups excluding carboxylic acids is 1. The predicted molar refractivity (Wildman–Crippen MR) is 83.3 cm³/mol. The highest BCUT2D eigenvalue weighted by Gasteiger charge is 2.11. The van der Waals surface area contributed by atoms with Gasteiger partial charge in [-0.15, -0.1) is 0 Å². The van der Waals surface area contributed by atoms with Gasteiger partial charge < -0.3 is 10.6 Å². The molecule has 5 heteroatoms. The average molecular weight is 307 g/mol. The first kappa shape index (κ1) is 15.3. The molecule has 1 amide bonds. The highest BCUT2D eigenvalue weighted by Crippen LogP contribution is 2.26. The molecule has 0 bridgehead atoms. The van der Waals surface area contributed by atoms with Crippen LogP contribution >= 0.6 is 11.6 Å². The van der Waals surface area contributed by atoms with Gasteiger partial charge in [-0.25, -0.2) is 4.39 Å². The lowest BCUT2D eigenvalue weighted by Crippen LogP contribution is -2.17. The molecule has 0 aliphatic rings. The summed E-state index contributed by atoms with van der Waals surface area (Å²) in [5.74, 6) is -0.484. The summed E-state index contributed by atoms with van der Waals surface area (Å²) in [5.41, 5.74) is 2.26. The quantitative estimate of drug-likeness (QED) is 0.896. The van der Waals surface area contributed by atoms with Crippen LogP contribution in [0.4, 0.5) is 10.1 Å². The first-order chi connectivity index (χ1) is 10.0. The lowest BCUT2D eigenvalue weighted by molar-refractivity contribution is 0.0963. The number of halogens is 2. The SMILES string of the molecule is CNC(=O)c1ccc(NC(C)c2ccc(F)cc2Cl)cc1. The van der Waals surface area contributed by atoms with E-state index in [1.807, 2.05) is 19.1 Å². The van der Waals surface area contributed by atoms with Gasteiger partial charge in [-0.05, 0) is 48.9 Å². The van der Waals surface area contributed by atoms with E-state index in [0.29, 0.717) is 10.6 Å². The van der Waals surface area contributed by atoms with Crippen molar-refractivity contribution in [3.63, 3.8) is 0 Å². The number of amides is 1.